The molecule has 0 amide bonds. The topological polar surface area (TPSA) is 49.1 Å². The number of aromatic nitrogens is 3. The van der Waals surface area contributed by atoms with Gasteiger partial charge in [-0.2, -0.15) is 5.10 Å². The van der Waals surface area contributed by atoms with E-state index in [2.05, 4.69) is 12.0 Å². The third kappa shape index (κ3) is 3.99. The molecule has 0 bridgehead atoms. The van der Waals surface area contributed by atoms with Gasteiger partial charge in [-0.25, -0.2) is 4.68 Å². The maximum atomic E-state index is 11.9. The van der Waals surface area contributed by atoms with Gasteiger partial charge in [0.05, 0.1) is 23.5 Å². The summed E-state index contributed by atoms with van der Waals surface area (Å²) < 4.78 is 9.06. The monoisotopic (exact) mass is 371 g/mol. The molecule has 0 saturated heterocycles. The maximum Gasteiger partial charge on any atom is 0.250 e. The number of rotatable bonds is 7. The molecule has 0 aliphatic carbocycles. The lowest BCUT2D eigenvalue weighted by Crippen LogP contribution is -2.19. The molecular formula is C20H22ClN3O2. The highest BCUT2D eigenvalue weighted by molar-refractivity contribution is 6.33. The predicted molar refractivity (Wildman–Crippen MR) is 104 cm³/mol. The molecule has 0 aliphatic rings. The summed E-state index contributed by atoms with van der Waals surface area (Å²) in [6.07, 6.45) is 7.35. The molecule has 3 rings (SSSR count). The van der Waals surface area contributed by atoms with Crippen LogP contribution in [0.4, 0.5) is 0 Å². The molecule has 0 N–H and O–H groups in total. The number of hydrogen-bond acceptors (Lipinski definition) is 3. The SMILES string of the molecule is CCCOc1ccc(-c2cnn(-c3ccc(=O)n(CCC)c3)c2)c(Cl)c1. The molecule has 2 heterocycles. The van der Waals surface area contributed by atoms with Crippen LogP contribution in [0.2, 0.25) is 5.02 Å². The van der Waals surface area contributed by atoms with Crippen molar-refractivity contribution >= 4 is 11.6 Å². The molecule has 26 heavy (non-hydrogen) atoms. The second kappa shape index (κ2) is 8.23. The maximum absolute atomic E-state index is 11.9. The van der Waals surface area contributed by atoms with Gasteiger partial charge in [0, 0.05) is 36.1 Å². The highest BCUT2D eigenvalue weighted by Crippen LogP contribution is 2.31. The fraction of sp³-hybridized carbons (Fsp3) is 0.300. The summed E-state index contributed by atoms with van der Waals surface area (Å²) in [4.78, 5) is 11.9. The van der Waals surface area contributed by atoms with Gasteiger partial charge in [-0.15, -0.1) is 0 Å². The third-order valence-electron chi connectivity index (χ3n) is 4.00. The van der Waals surface area contributed by atoms with Crippen LogP contribution in [0.5, 0.6) is 5.75 Å². The van der Waals surface area contributed by atoms with E-state index in [0.717, 1.165) is 35.4 Å². The molecule has 0 aliphatic heterocycles. The first kappa shape index (κ1) is 18.3. The van der Waals surface area contributed by atoms with Crippen molar-refractivity contribution in [2.45, 2.75) is 33.2 Å². The Balaban J connectivity index is 1.88. The Morgan fingerprint density at radius 2 is 1.96 bits per heavy atom. The van der Waals surface area contributed by atoms with Crippen LogP contribution in [0.15, 0.2) is 53.7 Å². The van der Waals surface area contributed by atoms with E-state index in [-0.39, 0.29) is 5.56 Å². The van der Waals surface area contributed by atoms with Crippen molar-refractivity contribution in [2.24, 2.45) is 0 Å². The van der Waals surface area contributed by atoms with Crippen molar-refractivity contribution in [1.82, 2.24) is 14.3 Å². The average Bonchev–Trinajstić information content (AvgIpc) is 3.12. The van der Waals surface area contributed by atoms with Crippen molar-refractivity contribution in [3.63, 3.8) is 0 Å². The Kier molecular flexibility index (Phi) is 5.78. The molecule has 1 aromatic carbocycles. The van der Waals surface area contributed by atoms with Crippen LogP contribution in [-0.4, -0.2) is 21.0 Å². The fourth-order valence-electron chi connectivity index (χ4n) is 2.71. The summed E-state index contributed by atoms with van der Waals surface area (Å²) in [5.74, 6) is 0.764. The highest BCUT2D eigenvalue weighted by Gasteiger charge is 2.09. The quantitative estimate of drug-likeness (QED) is 0.612. The van der Waals surface area contributed by atoms with Crippen LogP contribution in [0, 0.1) is 0 Å². The van der Waals surface area contributed by atoms with Crippen molar-refractivity contribution < 1.29 is 4.74 Å². The van der Waals surface area contributed by atoms with E-state index in [4.69, 9.17) is 16.3 Å². The zero-order valence-corrected chi connectivity index (χ0v) is 15.7. The van der Waals surface area contributed by atoms with Gasteiger partial charge in [0.2, 0.25) is 0 Å². The lowest BCUT2D eigenvalue weighted by Gasteiger charge is -2.08. The third-order valence-corrected chi connectivity index (χ3v) is 4.32. The summed E-state index contributed by atoms with van der Waals surface area (Å²) in [7, 11) is 0. The van der Waals surface area contributed by atoms with Gasteiger partial charge < -0.3 is 9.30 Å². The molecule has 0 spiro atoms. The standard InChI is InChI=1S/C20H22ClN3O2/c1-3-9-23-14-16(5-8-20(23)25)24-13-15(12-22-24)18-7-6-17(11-19(18)21)26-10-4-2/h5-8,11-14H,3-4,9-10H2,1-2H3. The molecule has 2 aromatic heterocycles. The molecule has 5 nitrogen and oxygen atoms in total. The van der Waals surface area contributed by atoms with Gasteiger partial charge in [0.1, 0.15) is 5.75 Å². The van der Waals surface area contributed by atoms with Crippen molar-refractivity contribution in [2.75, 3.05) is 6.61 Å². The van der Waals surface area contributed by atoms with Crippen molar-refractivity contribution in [3.05, 3.63) is 64.3 Å². The van der Waals surface area contributed by atoms with Crippen LogP contribution in [0.1, 0.15) is 26.7 Å². The number of hydrogen-bond donors (Lipinski definition) is 0. The van der Waals surface area contributed by atoms with E-state index in [1.165, 1.54) is 0 Å². The normalized spacial score (nSPS) is 10.9. The second-order valence-corrected chi connectivity index (χ2v) is 6.49. The smallest absolute Gasteiger partial charge is 0.250 e. The van der Waals surface area contributed by atoms with E-state index in [1.807, 2.05) is 37.5 Å². The first-order chi connectivity index (χ1) is 12.6. The minimum atomic E-state index is -0.00584. The Morgan fingerprint density at radius 3 is 2.69 bits per heavy atom. The summed E-state index contributed by atoms with van der Waals surface area (Å²) in [5, 5.41) is 5.04. The first-order valence-electron chi connectivity index (χ1n) is 8.80. The van der Waals surface area contributed by atoms with Gasteiger partial charge in [-0.05, 0) is 37.1 Å². The predicted octanol–water partition coefficient (Wildman–Crippen LogP) is 4.55. The van der Waals surface area contributed by atoms with E-state index in [9.17, 15) is 4.79 Å². The molecule has 136 valence electrons. The summed E-state index contributed by atoms with van der Waals surface area (Å²) in [6, 6.07) is 9.02. The second-order valence-electron chi connectivity index (χ2n) is 6.08. The van der Waals surface area contributed by atoms with Gasteiger partial charge in [-0.3, -0.25) is 4.79 Å². The van der Waals surface area contributed by atoms with E-state index >= 15 is 0 Å². The fourth-order valence-corrected chi connectivity index (χ4v) is 2.99. The number of benzene rings is 1. The highest BCUT2D eigenvalue weighted by atomic mass is 35.5. The number of pyridine rings is 1. The average molecular weight is 372 g/mol. The van der Waals surface area contributed by atoms with Gasteiger partial charge in [-0.1, -0.05) is 25.4 Å². The van der Waals surface area contributed by atoms with Crippen LogP contribution < -0.4 is 10.3 Å². The zero-order chi connectivity index (χ0) is 18.5. The van der Waals surface area contributed by atoms with Gasteiger partial charge in [0.15, 0.2) is 0 Å². The number of aryl methyl sites for hydroxylation is 1. The number of nitrogens with zero attached hydrogens (tertiary/aromatic N) is 3. The van der Waals surface area contributed by atoms with Crippen molar-refractivity contribution in [1.29, 1.82) is 0 Å². The zero-order valence-electron chi connectivity index (χ0n) is 15.0. The number of halogens is 1. The minimum absolute atomic E-state index is 0.00584. The van der Waals surface area contributed by atoms with Crippen molar-refractivity contribution in [3.8, 4) is 22.6 Å². The lowest BCUT2D eigenvalue weighted by molar-refractivity contribution is 0.317. The van der Waals surface area contributed by atoms with Crippen LogP contribution in [0.3, 0.4) is 0 Å². The van der Waals surface area contributed by atoms with E-state index in [0.29, 0.717) is 18.2 Å². The Hall–Kier alpha value is -2.53. The van der Waals surface area contributed by atoms with Gasteiger partial charge >= 0.3 is 0 Å². The van der Waals surface area contributed by atoms with E-state index in [1.54, 1.807) is 27.6 Å². The Labute approximate surface area is 157 Å². The lowest BCUT2D eigenvalue weighted by atomic mass is 10.1. The Morgan fingerprint density at radius 1 is 1.12 bits per heavy atom. The minimum Gasteiger partial charge on any atom is -0.494 e. The molecule has 0 saturated carbocycles. The Bertz CT molecular complexity index is 946. The molecule has 6 heteroatoms. The largest absolute Gasteiger partial charge is 0.494 e. The summed E-state index contributed by atoms with van der Waals surface area (Å²) in [6.45, 7) is 5.46. The molecule has 0 fully saturated rings. The molecular weight excluding hydrogens is 350 g/mol. The summed E-state index contributed by atoms with van der Waals surface area (Å²) in [5.41, 5.74) is 2.63. The van der Waals surface area contributed by atoms with Crippen LogP contribution in [0.25, 0.3) is 16.8 Å². The van der Waals surface area contributed by atoms with Crippen LogP contribution in [-0.2, 0) is 6.54 Å². The molecule has 0 unspecified atom stereocenters. The molecule has 0 atom stereocenters. The van der Waals surface area contributed by atoms with Crippen LogP contribution >= 0.6 is 11.6 Å². The van der Waals surface area contributed by atoms with Gasteiger partial charge in [0.25, 0.3) is 5.56 Å². The number of ether oxygens (including phenoxy) is 1. The van der Waals surface area contributed by atoms with E-state index < -0.39 is 0 Å². The summed E-state index contributed by atoms with van der Waals surface area (Å²) >= 11 is 6.42. The molecule has 0 radical (unpaired) electrons. The first-order valence-corrected chi connectivity index (χ1v) is 9.18. The molecule has 3 aromatic rings.